The third-order valence-electron chi connectivity index (χ3n) is 6.21. The maximum atomic E-state index is 10.4. The van der Waals surface area contributed by atoms with Crippen molar-refractivity contribution in [3.05, 3.63) is 23.8 Å². The van der Waals surface area contributed by atoms with Crippen LogP contribution < -0.4 is 0 Å². The molecule has 26 heavy (non-hydrogen) atoms. The topological polar surface area (TPSA) is 43.7 Å². The van der Waals surface area contributed by atoms with Crippen molar-refractivity contribution in [2.45, 2.75) is 83.3 Å². The smallest absolute Gasteiger partial charge is 0.0721 e. The van der Waals surface area contributed by atoms with Gasteiger partial charge in [-0.25, -0.2) is 0 Å². The van der Waals surface area contributed by atoms with Gasteiger partial charge in [0.15, 0.2) is 0 Å². The summed E-state index contributed by atoms with van der Waals surface area (Å²) < 4.78 is 0. The molecule has 150 valence electrons. The maximum Gasteiger partial charge on any atom is 0.0721 e. The molecule has 2 N–H and O–H groups in total. The first kappa shape index (κ1) is 21.7. The number of nitrogens with zero attached hydrogens (tertiary/aromatic N) is 1. The Balaban J connectivity index is 1.74. The van der Waals surface area contributed by atoms with Crippen LogP contribution in [-0.4, -0.2) is 48.0 Å². The van der Waals surface area contributed by atoms with Crippen molar-refractivity contribution in [3.63, 3.8) is 0 Å². The van der Waals surface area contributed by atoms with Crippen molar-refractivity contribution in [1.29, 1.82) is 0 Å². The molecule has 2 aliphatic rings. The average molecular weight is 364 g/mol. The van der Waals surface area contributed by atoms with Crippen LogP contribution in [0.3, 0.4) is 0 Å². The van der Waals surface area contributed by atoms with Crippen molar-refractivity contribution in [2.24, 2.45) is 17.8 Å². The molecule has 2 aliphatic carbocycles. The molecule has 0 unspecified atom stereocenters. The van der Waals surface area contributed by atoms with E-state index in [0.717, 1.165) is 25.7 Å². The lowest BCUT2D eigenvalue weighted by molar-refractivity contribution is 0.139. The average Bonchev–Trinajstić information content (AvgIpc) is 3.09. The van der Waals surface area contributed by atoms with Gasteiger partial charge in [0.05, 0.1) is 12.2 Å². The molecular weight excluding hydrogens is 322 g/mol. The predicted molar refractivity (Wildman–Crippen MR) is 110 cm³/mol. The molecule has 5 atom stereocenters. The van der Waals surface area contributed by atoms with Gasteiger partial charge in [0.2, 0.25) is 0 Å². The van der Waals surface area contributed by atoms with Gasteiger partial charge in [0.25, 0.3) is 0 Å². The first-order valence-electron chi connectivity index (χ1n) is 10.9. The monoisotopic (exact) mass is 363 g/mol. The van der Waals surface area contributed by atoms with Gasteiger partial charge < -0.3 is 15.1 Å². The van der Waals surface area contributed by atoms with Crippen molar-refractivity contribution in [3.8, 4) is 0 Å². The molecular formula is C23H41NO2. The SMILES string of the molecule is CCCCC[C@@H](O)/C=C/[C@H]1[C@@H]2CC(CCCCCN(C)C)=C[C@@H]2C[C@@H]1O. The molecule has 0 bridgehead atoms. The third-order valence-corrected chi connectivity index (χ3v) is 6.21. The number of unbranched alkanes of at least 4 members (excludes halogenated alkanes) is 4. The zero-order valence-electron chi connectivity index (χ0n) is 17.2. The van der Waals surface area contributed by atoms with Crippen LogP contribution in [0.4, 0.5) is 0 Å². The molecule has 3 heteroatoms. The molecule has 0 radical (unpaired) electrons. The Kier molecular flexibility index (Phi) is 9.38. The van der Waals surface area contributed by atoms with E-state index in [2.05, 4.69) is 38.1 Å². The molecule has 1 fully saturated rings. The summed E-state index contributed by atoms with van der Waals surface area (Å²) in [6, 6.07) is 0. The fourth-order valence-electron chi connectivity index (χ4n) is 4.70. The molecule has 0 aromatic carbocycles. The highest BCUT2D eigenvalue weighted by molar-refractivity contribution is 5.20. The van der Waals surface area contributed by atoms with Crippen LogP contribution in [0.5, 0.6) is 0 Å². The van der Waals surface area contributed by atoms with Crippen LogP contribution in [0.15, 0.2) is 23.8 Å². The molecule has 0 aromatic heterocycles. The van der Waals surface area contributed by atoms with Gasteiger partial charge in [-0.15, -0.1) is 0 Å². The fourth-order valence-corrected chi connectivity index (χ4v) is 4.70. The molecule has 0 spiro atoms. The van der Waals surface area contributed by atoms with E-state index >= 15 is 0 Å². The van der Waals surface area contributed by atoms with Crippen molar-refractivity contribution in [1.82, 2.24) is 4.90 Å². The van der Waals surface area contributed by atoms with Crippen LogP contribution in [0.25, 0.3) is 0 Å². The summed E-state index contributed by atoms with van der Waals surface area (Å²) >= 11 is 0. The van der Waals surface area contributed by atoms with Gasteiger partial charge in [-0.3, -0.25) is 0 Å². The summed E-state index contributed by atoms with van der Waals surface area (Å²) in [6.07, 6.45) is 17.4. The molecule has 0 amide bonds. The minimum atomic E-state index is -0.349. The van der Waals surface area contributed by atoms with Crippen molar-refractivity contribution in [2.75, 3.05) is 20.6 Å². The summed E-state index contributed by atoms with van der Waals surface area (Å²) in [6.45, 7) is 3.37. The third kappa shape index (κ3) is 6.83. The lowest BCUT2D eigenvalue weighted by Gasteiger charge is -2.19. The van der Waals surface area contributed by atoms with E-state index in [1.54, 1.807) is 5.57 Å². The Morgan fingerprint density at radius 1 is 1.19 bits per heavy atom. The largest absolute Gasteiger partial charge is 0.392 e. The Labute approximate surface area is 161 Å². The van der Waals surface area contributed by atoms with Gasteiger partial charge >= 0.3 is 0 Å². The fraction of sp³-hybridized carbons (Fsp3) is 0.826. The molecule has 0 aromatic rings. The van der Waals surface area contributed by atoms with E-state index in [4.69, 9.17) is 0 Å². The molecule has 3 nitrogen and oxygen atoms in total. The number of rotatable bonds is 12. The van der Waals surface area contributed by atoms with Crippen molar-refractivity contribution >= 4 is 0 Å². The number of hydrogen-bond donors (Lipinski definition) is 2. The first-order valence-corrected chi connectivity index (χ1v) is 10.9. The molecule has 0 saturated heterocycles. The first-order chi connectivity index (χ1) is 12.5. The quantitative estimate of drug-likeness (QED) is 0.395. The molecule has 2 rings (SSSR count). The number of fused-ring (bicyclic) bond motifs is 1. The minimum absolute atomic E-state index is 0.225. The number of aliphatic hydroxyl groups is 2. The van der Waals surface area contributed by atoms with Crippen LogP contribution in [0.1, 0.15) is 71.1 Å². The Hall–Kier alpha value is -0.640. The molecule has 1 saturated carbocycles. The Morgan fingerprint density at radius 3 is 2.73 bits per heavy atom. The molecule has 0 aliphatic heterocycles. The van der Waals surface area contributed by atoms with E-state index in [-0.39, 0.29) is 18.1 Å². The predicted octanol–water partition coefficient (Wildman–Crippen LogP) is 4.55. The van der Waals surface area contributed by atoms with Crippen LogP contribution in [0.2, 0.25) is 0 Å². The summed E-state index contributed by atoms with van der Waals surface area (Å²) in [4.78, 5) is 2.26. The Morgan fingerprint density at radius 2 is 2.00 bits per heavy atom. The van der Waals surface area contributed by atoms with E-state index < -0.39 is 0 Å². The zero-order chi connectivity index (χ0) is 18.9. The highest BCUT2D eigenvalue weighted by Crippen LogP contribution is 2.48. The van der Waals surface area contributed by atoms with Crippen LogP contribution >= 0.6 is 0 Å². The normalized spacial score (nSPS) is 29.5. The van der Waals surface area contributed by atoms with Gasteiger partial charge in [0.1, 0.15) is 0 Å². The standard InChI is InChI=1S/C23H41NO2/c1-4-5-7-11-20(25)12-13-21-22-16-18(15-19(22)17-23(21)26)10-8-6-9-14-24(2)3/h12-13,15,19-23,25-26H,4-11,14,16-17H2,1-3H3/b13-12+/t19-,20-,21+,22-,23+/m1/s1. The van der Waals surface area contributed by atoms with E-state index in [9.17, 15) is 10.2 Å². The van der Waals surface area contributed by atoms with Crippen LogP contribution in [-0.2, 0) is 0 Å². The number of allylic oxidation sites excluding steroid dienone is 2. The lowest BCUT2D eigenvalue weighted by Crippen LogP contribution is -2.18. The van der Waals surface area contributed by atoms with Gasteiger partial charge in [-0.05, 0) is 71.0 Å². The van der Waals surface area contributed by atoms with Gasteiger partial charge in [0, 0.05) is 5.92 Å². The zero-order valence-corrected chi connectivity index (χ0v) is 17.2. The summed E-state index contributed by atoms with van der Waals surface area (Å²) in [5.74, 6) is 1.33. The minimum Gasteiger partial charge on any atom is -0.392 e. The summed E-state index contributed by atoms with van der Waals surface area (Å²) in [5.41, 5.74) is 1.61. The van der Waals surface area contributed by atoms with Crippen molar-refractivity contribution < 1.29 is 10.2 Å². The highest BCUT2D eigenvalue weighted by Gasteiger charge is 2.43. The number of aliphatic hydroxyl groups excluding tert-OH is 2. The summed E-state index contributed by atoms with van der Waals surface area (Å²) in [7, 11) is 4.28. The van der Waals surface area contributed by atoms with E-state index in [1.807, 2.05) is 6.08 Å². The second-order valence-corrected chi connectivity index (χ2v) is 8.80. The second-order valence-electron chi connectivity index (χ2n) is 8.80. The molecule has 0 heterocycles. The maximum absolute atomic E-state index is 10.4. The van der Waals surface area contributed by atoms with Gasteiger partial charge in [-0.2, -0.15) is 0 Å². The van der Waals surface area contributed by atoms with E-state index in [1.165, 1.54) is 45.1 Å². The highest BCUT2D eigenvalue weighted by atomic mass is 16.3. The number of hydrogen-bond acceptors (Lipinski definition) is 3. The van der Waals surface area contributed by atoms with Gasteiger partial charge in [-0.1, -0.05) is 56.4 Å². The Bertz CT molecular complexity index is 457. The summed E-state index contributed by atoms with van der Waals surface area (Å²) in [5, 5.41) is 20.6. The van der Waals surface area contributed by atoms with E-state index in [0.29, 0.717) is 11.8 Å². The van der Waals surface area contributed by atoms with Crippen LogP contribution in [0, 0.1) is 17.8 Å². The second kappa shape index (κ2) is 11.3. The lowest BCUT2D eigenvalue weighted by atomic mass is 9.88.